The third-order valence-corrected chi connectivity index (χ3v) is 1.70. The van der Waals surface area contributed by atoms with Crippen molar-refractivity contribution >= 4 is 5.69 Å². The number of rotatable bonds is 0. The number of nitrogens with zero attached hydrogens (tertiary/aromatic N) is 1. The second kappa shape index (κ2) is 2.98. The summed E-state index contributed by atoms with van der Waals surface area (Å²) in [7, 11) is 0. The Morgan fingerprint density at radius 1 is 1.15 bits per heavy atom. The smallest absolute Gasteiger partial charge is 0.186 e. The molecule has 0 saturated carbocycles. The van der Waals surface area contributed by atoms with E-state index in [0.29, 0.717) is 0 Å². The Bertz CT molecular complexity index is 378. The molecule has 0 aliphatic carbocycles. The first kappa shape index (κ1) is 9.39. The van der Waals surface area contributed by atoms with Crippen LogP contribution in [0.15, 0.2) is 0 Å². The molecule has 0 atom stereocenters. The minimum Gasteiger partial charge on any atom is -0.394 e. The first-order chi connectivity index (χ1) is 6.00. The maximum atomic E-state index is 12.9. The second-order valence-corrected chi connectivity index (χ2v) is 2.47. The lowest BCUT2D eigenvalue weighted by Gasteiger charge is -2.05. The zero-order chi connectivity index (χ0) is 10.2. The molecule has 0 aliphatic rings. The highest BCUT2D eigenvalue weighted by atomic mass is 19.2. The number of hydrogen-bond donors (Lipinski definition) is 1. The van der Waals surface area contributed by atoms with E-state index < -0.39 is 28.7 Å². The molecule has 5 heteroatoms. The highest BCUT2D eigenvalue weighted by Gasteiger charge is 2.20. The van der Waals surface area contributed by atoms with Gasteiger partial charge < -0.3 is 5.73 Å². The van der Waals surface area contributed by atoms with Gasteiger partial charge in [-0.3, -0.25) is 0 Å². The zero-order valence-corrected chi connectivity index (χ0v) is 6.66. The van der Waals surface area contributed by atoms with Gasteiger partial charge in [0, 0.05) is 5.56 Å². The van der Waals surface area contributed by atoms with Gasteiger partial charge in [0.15, 0.2) is 17.5 Å². The second-order valence-electron chi connectivity index (χ2n) is 2.47. The van der Waals surface area contributed by atoms with Crippen LogP contribution in [0.1, 0.15) is 11.1 Å². The lowest BCUT2D eigenvalue weighted by Crippen LogP contribution is -2.04. The number of anilines is 1. The molecule has 1 aromatic carbocycles. The summed E-state index contributed by atoms with van der Waals surface area (Å²) >= 11 is 0. The van der Waals surface area contributed by atoms with E-state index in [1.807, 2.05) is 0 Å². The highest BCUT2D eigenvalue weighted by molar-refractivity contribution is 5.52. The molecule has 1 rings (SSSR count). The van der Waals surface area contributed by atoms with Crippen LogP contribution in [-0.4, -0.2) is 0 Å². The van der Waals surface area contributed by atoms with Gasteiger partial charge in [0.25, 0.3) is 0 Å². The molecule has 0 amide bonds. The summed E-state index contributed by atoms with van der Waals surface area (Å²) in [4.78, 5) is 0. The maximum Gasteiger partial charge on any atom is 0.186 e. The molecule has 0 aliphatic heterocycles. The summed E-state index contributed by atoms with van der Waals surface area (Å²) < 4.78 is 38.5. The standard InChI is InChI=1S/C8H5F3N2/c1-3-4(2-12)6(10)7(11)8(13)5(3)9/h13H2,1H3. The van der Waals surface area contributed by atoms with Gasteiger partial charge in [-0.05, 0) is 6.92 Å². The Morgan fingerprint density at radius 2 is 1.69 bits per heavy atom. The molecular formula is C8H5F3N2. The molecule has 0 saturated heterocycles. The molecule has 13 heavy (non-hydrogen) atoms. The lowest BCUT2D eigenvalue weighted by molar-refractivity contribution is 0.495. The average molecular weight is 186 g/mol. The number of nitriles is 1. The van der Waals surface area contributed by atoms with Crippen molar-refractivity contribution in [3.05, 3.63) is 28.6 Å². The van der Waals surface area contributed by atoms with Gasteiger partial charge in [-0.25, -0.2) is 13.2 Å². The zero-order valence-electron chi connectivity index (χ0n) is 6.66. The fourth-order valence-electron chi connectivity index (χ4n) is 0.934. The van der Waals surface area contributed by atoms with Gasteiger partial charge in [-0.1, -0.05) is 0 Å². The first-order valence-corrected chi connectivity index (χ1v) is 3.33. The lowest BCUT2D eigenvalue weighted by atomic mass is 10.1. The Hall–Kier alpha value is -1.70. The molecule has 68 valence electrons. The van der Waals surface area contributed by atoms with E-state index in [0.717, 1.165) is 6.92 Å². The van der Waals surface area contributed by atoms with Crippen LogP contribution in [0.3, 0.4) is 0 Å². The summed E-state index contributed by atoms with van der Waals surface area (Å²) in [5.41, 5.74) is 3.09. The van der Waals surface area contributed by atoms with Gasteiger partial charge in [0.1, 0.15) is 11.8 Å². The summed E-state index contributed by atoms with van der Waals surface area (Å²) in [5, 5.41) is 8.37. The normalized spacial score (nSPS) is 9.77. The van der Waals surface area contributed by atoms with Crippen molar-refractivity contribution in [1.29, 1.82) is 5.26 Å². The molecular weight excluding hydrogens is 181 g/mol. The third-order valence-electron chi connectivity index (χ3n) is 1.70. The minimum absolute atomic E-state index is 0.279. The molecule has 0 radical (unpaired) electrons. The minimum atomic E-state index is -1.51. The average Bonchev–Trinajstić information content (AvgIpc) is 2.13. The van der Waals surface area contributed by atoms with E-state index >= 15 is 0 Å². The van der Waals surface area contributed by atoms with Gasteiger partial charge in [0.05, 0.1) is 5.56 Å². The number of hydrogen-bond acceptors (Lipinski definition) is 2. The van der Waals surface area contributed by atoms with Gasteiger partial charge >= 0.3 is 0 Å². The summed E-state index contributed by atoms with van der Waals surface area (Å²) in [6, 6.07) is 1.36. The fraction of sp³-hybridized carbons (Fsp3) is 0.125. The Labute approximate surface area is 72.4 Å². The van der Waals surface area contributed by atoms with Crippen LogP contribution in [0.25, 0.3) is 0 Å². The van der Waals surface area contributed by atoms with Crippen LogP contribution in [0, 0.1) is 35.7 Å². The van der Waals surface area contributed by atoms with Gasteiger partial charge in [-0.2, -0.15) is 5.26 Å². The largest absolute Gasteiger partial charge is 0.394 e. The van der Waals surface area contributed by atoms with E-state index in [2.05, 4.69) is 0 Å². The van der Waals surface area contributed by atoms with Crippen molar-refractivity contribution < 1.29 is 13.2 Å². The van der Waals surface area contributed by atoms with E-state index in [1.165, 1.54) is 6.07 Å². The van der Waals surface area contributed by atoms with Crippen molar-refractivity contribution in [2.24, 2.45) is 0 Å². The number of nitrogens with two attached hydrogens (primary N) is 1. The number of nitrogen functional groups attached to an aromatic ring is 1. The molecule has 0 unspecified atom stereocenters. The molecule has 2 N–H and O–H groups in total. The predicted octanol–water partition coefficient (Wildman–Crippen LogP) is 1.87. The molecule has 0 spiro atoms. The Kier molecular flexibility index (Phi) is 2.15. The third kappa shape index (κ3) is 1.20. The first-order valence-electron chi connectivity index (χ1n) is 3.33. The van der Waals surface area contributed by atoms with Crippen LogP contribution in [0.2, 0.25) is 0 Å². The number of halogens is 3. The van der Waals surface area contributed by atoms with Crippen LogP contribution < -0.4 is 5.73 Å². The van der Waals surface area contributed by atoms with Crippen molar-refractivity contribution in [1.82, 2.24) is 0 Å². The summed E-state index contributed by atoms with van der Waals surface area (Å²) in [6.07, 6.45) is 0. The topological polar surface area (TPSA) is 49.8 Å². The van der Waals surface area contributed by atoms with Crippen molar-refractivity contribution in [2.75, 3.05) is 5.73 Å². The van der Waals surface area contributed by atoms with E-state index in [4.69, 9.17) is 11.0 Å². The SMILES string of the molecule is Cc1c(F)c(N)c(F)c(F)c1C#N. The van der Waals surface area contributed by atoms with Crippen molar-refractivity contribution in [3.63, 3.8) is 0 Å². The highest BCUT2D eigenvalue weighted by Crippen LogP contribution is 2.25. The molecule has 0 fully saturated rings. The van der Waals surface area contributed by atoms with Gasteiger partial charge in [-0.15, -0.1) is 0 Å². The quantitative estimate of drug-likeness (QED) is 0.496. The van der Waals surface area contributed by atoms with Crippen molar-refractivity contribution in [2.45, 2.75) is 6.92 Å². The predicted molar refractivity (Wildman–Crippen MR) is 40.2 cm³/mol. The Balaban J connectivity index is 3.69. The molecule has 0 bridgehead atoms. The number of benzene rings is 1. The monoisotopic (exact) mass is 186 g/mol. The van der Waals surface area contributed by atoms with Crippen LogP contribution in [-0.2, 0) is 0 Å². The summed E-state index contributed by atoms with van der Waals surface area (Å²) in [5.74, 6) is -4.01. The van der Waals surface area contributed by atoms with Crippen molar-refractivity contribution in [3.8, 4) is 6.07 Å². The van der Waals surface area contributed by atoms with Gasteiger partial charge in [0.2, 0.25) is 0 Å². The van der Waals surface area contributed by atoms with Crippen LogP contribution >= 0.6 is 0 Å². The maximum absolute atomic E-state index is 12.9. The molecule has 0 heterocycles. The molecule has 2 nitrogen and oxygen atoms in total. The van der Waals surface area contributed by atoms with E-state index in [-0.39, 0.29) is 5.56 Å². The fourth-order valence-corrected chi connectivity index (χ4v) is 0.934. The van der Waals surface area contributed by atoms with Crippen LogP contribution in [0.5, 0.6) is 0 Å². The van der Waals surface area contributed by atoms with Crippen LogP contribution in [0.4, 0.5) is 18.9 Å². The summed E-state index contributed by atoms with van der Waals surface area (Å²) in [6.45, 7) is 1.16. The van der Waals surface area contributed by atoms with E-state index in [1.54, 1.807) is 0 Å². The Morgan fingerprint density at radius 3 is 2.15 bits per heavy atom. The molecule has 0 aromatic heterocycles. The molecule has 1 aromatic rings. The van der Waals surface area contributed by atoms with E-state index in [9.17, 15) is 13.2 Å².